The Bertz CT molecular complexity index is 524. The predicted octanol–water partition coefficient (Wildman–Crippen LogP) is 1.63. The van der Waals surface area contributed by atoms with Crippen molar-refractivity contribution in [3.05, 3.63) is 0 Å². The zero-order valence-electron chi connectivity index (χ0n) is 13.9. The van der Waals surface area contributed by atoms with E-state index in [0.29, 0.717) is 38.8 Å². The van der Waals surface area contributed by atoms with Crippen LogP contribution in [-0.4, -0.2) is 24.9 Å². The second-order valence-electron chi connectivity index (χ2n) is 7.62. The first-order valence-corrected chi connectivity index (χ1v) is 8.18. The van der Waals surface area contributed by atoms with Gasteiger partial charge in [-0.05, 0) is 43.9 Å². The number of carbonyl (C=O) groups excluding carboxylic acids is 2. The van der Waals surface area contributed by atoms with Gasteiger partial charge >= 0.3 is 0 Å². The molecule has 2 aliphatic carbocycles. The minimum atomic E-state index is -0.851. The summed E-state index contributed by atoms with van der Waals surface area (Å²) in [6.45, 7) is 4.64. The summed E-state index contributed by atoms with van der Waals surface area (Å²) in [6.07, 6.45) is 4.32. The van der Waals surface area contributed by atoms with Crippen molar-refractivity contribution >= 4 is 11.8 Å². The monoisotopic (exact) mass is 316 g/mol. The van der Waals surface area contributed by atoms with Crippen molar-refractivity contribution < 1.29 is 9.59 Å². The topological polar surface area (TPSA) is 106 Å². The molecule has 2 N–H and O–H groups in total. The number of amides is 2. The van der Waals surface area contributed by atoms with Crippen LogP contribution in [0.5, 0.6) is 0 Å². The number of hydrogen-bond acceptors (Lipinski definition) is 4. The van der Waals surface area contributed by atoms with E-state index < -0.39 is 10.8 Å². The van der Waals surface area contributed by atoms with E-state index in [0.717, 1.165) is 12.8 Å². The summed E-state index contributed by atoms with van der Waals surface area (Å²) in [5, 5.41) is 24.0. The van der Waals surface area contributed by atoms with Crippen LogP contribution in [0.2, 0.25) is 0 Å². The molecule has 0 unspecified atom stereocenters. The number of rotatable bonds is 6. The van der Waals surface area contributed by atoms with Crippen LogP contribution in [0.25, 0.3) is 0 Å². The summed E-state index contributed by atoms with van der Waals surface area (Å²) >= 11 is 0. The third kappa shape index (κ3) is 3.32. The van der Waals surface area contributed by atoms with E-state index in [1.54, 1.807) is 0 Å². The van der Waals surface area contributed by atoms with Crippen LogP contribution in [0.4, 0.5) is 0 Å². The largest absolute Gasteiger partial charge is 0.354 e. The molecule has 0 aromatic heterocycles. The molecule has 0 aliphatic heterocycles. The molecule has 0 aromatic rings. The lowest BCUT2D eigenvalue weighted by Crippen LogP contribution is -2.51. The lowest BCUT2D eigenvalue weighted by Gasteiger charge is -2.36. The molecule has 2 amide bonds. The van der Waals surface area contributed by atoms with Crippen molar-refractivity contribution in [2.24, 2.45) is 16.2 Å². The Labute approximate surface area is 137 Å². The SMILES string of the molecule is CC(C)(CNC(=O)C1(C#N)CCC1)CNC(=O)C1(C#N)CCC1. The summed E-state index contributed by atoms with van der Waals surface area (Å²) < 4.78 is 0. The van der Waals surface area contributed by atoms with Crippen LogP contribution in [0.1, 0.15) is 52.4 Å². The Hall–Kier alpha value is -2.08. The molecule has 6 nitrogen and oxygen atoms in total. The van der Waals surface area contributed by atoms with Gasteiger partial charge in [0.2, 0.25) is 11.8 Å². The quantitative estimate of drug-likeness (QED) is 0.776. The van der Waals surface area contributed by atoms with E-state index >= 15 is 0 Å². The highest BCUT2D eigenvalue weighted by Crippen LogP contribution is 2.41. The summed E-state index contributed by atoms with van der Waals surface area (Å²) in [6, 6.07) is 4.25. The van der Waals surface area contributed by atoms with Gasteiger partial charge in [0.25, 0.3) is 0 Å². The maximum absolute atomic E-state index is 12.2. The van der Waals surface area contributed by atoms with Crippen LogP contribution < -0.4 is 10.6 Å². The smallest absolute Gasteiger partial charge is 0.240 e. The number of nitrogens with one attached hydrogen (secondary N) is 2. The predicted molar refractivity (Wildman–Crippen MR) is 83.6 cm³/mol. The molecule has 2 rings (SSSR count). The molecular weight excluding hydrogens is 292 g/mol. The summed E-state index contributed by atoms with van der Waals surface area (Å²) in [4.78, 5) is 24.3. The van der Waals surface area contributed by atoms with Gasteiger partial charge in [0, 0.05) is 13.1 Å². The highest BCUT2D eigenvalue weighted by molar-refractivity contribution is 5.87. The van der Waals surface area contributed by atoms with E-state index in [1.807, 2.05) is 13.8 Å². The Morgan fingerprint density at radius 3 is 1.48 bits per heavy atom. The zero-order valence-corrected chi connectivity index (χ0v) is 13.9. The Morgan fingerprint density at radius 2 is 1.26 bits per heavy atom. The van der Waals surface area contributed by atoms with Crippen molar-refractivity contribution in [3.63, 3.8) is 0 Å². The number of hydrogen-bond donors (Lipinski definition) is 2. The molecule has 2 saturated carbocycles. The normalized spacial score (nSPS) is 20.9. The highest BCUT2D eigenvalue weighted by atomic mass is 16.2. The first-order valence-electron chi connectivity index (χ1n) is 8.18. The molecule has 0 radical (unpaired) electrons. The van der Waals surface area contributed by atoms with Gasteiger partial charge in [0.05, 0.1) is 12.1 Å². The maximum atomic E-state index is 12.2. The number of carbonyl (C=O) groups is 2. The Kier molecular flexibility index (Phi) is 4.66. The van der Waals surface area contributed by atoms with Gasteiger partial charge < -0.3 is 10.6 Å². The Morgan fingerprint density at radius 1 is 0.913 bits per heavy atom. The molecule has 0 bridgehead atoms. The van der Waals surface area contributed by atoms with Crippen molar-refractivity contribution in [2.45, 2.75) is 52.4 Å². The molecule has 2 fully saturated rings. The molecule has 0 atom stereocenters. The standard InChI is InChI=1S/C17H24N4O2/c1-15(2,11-20-13(22)16(9-18)5-3-6-16)12-21-14(23)17(10-19)7-4-8-17/h3-8,11-12H2,1-2H3,(H,20,22)(H,21,23). The second-order valence-corrected chi connectivity index (χ2v) is 7.62. The van der Waals surface area contributed by atoms with E-state index in [-0.39, 0.29) is 17.2 Å². The number of nitriles is 2. The first-order chi connectivity index (χ1) is 10.8. The second kappa shape index (κ2) is 6.20. The first kappa shape index (κ1) is 17.3. The van der Waals surface area contributed by atoms with E-state index in [2.05, 4.69) is 22.8 Å². The van der Waals surface area contributed by atoms with Crippen LogP contribution >= 0.6 is 0 Å². The molecular formula is C17H24N4O2. The van der Waals surface area contributed by atoms with Gasteiger partial charge in [-0.2, -0.15) is 10.5 Å². The lowest BCUT2D eigenvalue weighted by molar-refractivity contribution is -0.132. The summed E-state index contributed by atoms with van der Waals surface area (Å²) in [7, 11) is 0. The van der Waals surface area contributed by atoms with Gasteiger partial charge in [0.15, 0.2) is 0 Å². The molecule has 23 heavy (non-hydrogen) atoms. The molecule has 2 aliphatic rings. The van der Waals surface area contributed by atoms with Crippen LogP contribution in [0.15, 0.2) is 0 Å². The Balaban J connectivity index is 1.81. The van der Waals surface area contributed by atoms with Crippen LogP contribution in [0.3, 0.4) is 0 Å². The lowest BCUT2D eigenvalue weighted by atomic mass is 9.69. The van der Waals surface area contributed by atoms with Crippen molar-refractivity contribution in [2.75, 3.05) is 13.1 Å². The molecule has 0 aromatic carbocycles. The average Bonchev–Trinajstić information content (AvgIpc) is 2.42. The van der Waals surface area contributed by atoms with Crippen molar-refractivity contribution in [3.8, 4) is 12.1 Å². The molecule has 124 valence electrons. The van der Waals surface area contributed by atoms with Crippen LogP contribution in [0, 0.1) is 38.9 Å². The zero-order chi connectivity index (χ0) is 17.1. The maximum Gasteiger partial charge on any atom is 0.240 e. The van der Waals surface area contributed by atoms with Crippen LogP contribution in [-0.2, 0) is 9.59 Å². The summed E-state index contributed by atoms with van der Waals surface area (Å²) in [5.74, 6) is -0.420. The molecule has 0 saturated heterocycles. The minimum absolute atomic E-state index is 0.210. The number of nitrogens with zero attached hydrogens (tertiary/aromatic N) is 2. The molecule has 0 heterocycles. The molecule has 0 spiro atoms. The fourth-order valence-corrected chi connectivity index (χ4v) is 2.88. The molecule has 6 heteroatoms. The van der Waals surface area contributed by atoms with Crippen molar-refractivity contribution in [1.82, 2.24) is 10.6 Å². The van der Waals surface area contributed by atoms with Gasteiger partial charge in [0.1, 0.15) is 10.8 Å². The summed E-state index contributed by atoms with van der Waals surface area (Å²) in [5.41, 5.74) is -2.04. The fourth-order valence-electron chi connectivity index (χ4n) is 2.88. The van der Waals surface area contributed by atoms with Gasteiger partial charge in [-0.15, -0.1) is 0 Å². The minimum Gasteiger partial charge on any atom is -0.354 e. The van der Waals surface area contributed by atoms with Gasteiger partial charge in [-0.3, -0.25) is 9.59 Å². The highest BCUT2D eigenvalue weighted by Gasteiger charge is 2.46. The van der Waals surface area contributed by atoms with E-state index in [9.17, 15) is 9.59 Å². The van der Waals surface area contributed by atoms with Gasteiger partial charge in [-0.25, -0.2) is 0 Å². The third-order valence-corrected chi connectivity index (χ3v) is 5.17. The third-order valence-electron chi connectivity index (χ3n) is 5.17. The van der Waals surface area contributed by atoms with E-state index in [4.69, 9.17) is 10.5 Å². The van der Waals surface area contributed by atoms with Crippen molar-refractivity contribution in [1.29, 1.82) is 10.5 Å². The average molecular weight is 316 g/mol. The van der Waals surface area contributed by atoms with E-state index in [1.165, 1.54) is 0 Å². The fraction of sp³-hybridized carbons (Fsp3) is 0.765. The van der Waals surface area contributed by atoms with Gasteiger partial charge in [-0.1, -0.05) is 13.8 Å².